The van der Waals surface area contributed by atoms with E-state index in [9.17, 15) is 4.79 Å². The summed E-state index contributed by atoms with van der Waals surface area (Å²) in [7, 11) is 0. The molecule has 0 spiro atoms. The second kappa shape index (κ2) is 4.13. The first-order valence-corrected chi connectivity index (χ1v) is 5.82. The number of fused-ring (bicyclic) bond motifs is 1. The summed E-state index contributed by atoms with van der Waals surface area (Å²) < 4.78 is 0. The minimum absolute atomic E-state index is 0.284. The third-order valence-electron chi connectivity index (χ3n) is 3.06. The number of anilines is 1. The van der Waals surface area contributed by atoms with Crippen molar-refractivity contribution in [1.82, 2.24) is 10.2 Å². The Kier molecular flexibility index (Phi) is 2.48. The van der Waals surface area contributed by atoms with Crippen LogP contribution in [-0.4, -0.2) is 29.1 Å². The number of rotatable bonds is 1. The fraction of sp³-hybridized carbons (Fsp3) is 0.308. The average molecular weight is 227 g/mol. The number of ketones is 1. The first-order chi connectivity index (χ1) is 8.33. The standard InChI is InChI=1S/C13H13N3O/c17-11-5-3-7-16(9-11)13-8-10-4-1-2-6-12(10)14-15-13/h1-2,4,6,8H,3,5,7,9H2. The lowest BCUT2D eigenvalue weighted by atomic mass is 10.1. The van der Waals surface area contributed by atoms with Crippen LogP contribution in [0.2, 0.25) is 0 Å². The summed E-state index contributed by atoms with van der Waals surface area (Å²) in [5.41, 5.74) is 0.889. The molecule has 1 saturated heterocycles. The van der Waals surface area contributed by atoms with Crippen molar-refractivity contribution in [2.45, 2.75) is 12.8 Å². The maximum absolute atomic E-state index is 11.4. The smallest absolute Gasteiger partial charge is 0.152 e. The molecular weight excluding hydrogens is 214 g/mol. The van der Waals surface area contributed by atoms with Gasteiger partial charge >= 0.3 is 0 Å². The Morgan fingerprint density at radius 3 is 2.94 bits per heavy atom. The van der Waals surface area contributed by atoms with E-state index >= 15 is 0 Å². The summed E-state index contributed by atoms with van der Waals surface area (Å²) in [4.78, 5) is 13.4. The molecule has 0 amide bonds. The molecule has 17 heavy (non-hydrogen) atoms. The Bertz CT molecular complexity index is 567. The van der Waals surface area contributed by atoms with Crippen LogP contribution in [0.5, 0.6) is 0 Å². The lowest BCUT2D eigenvalue weighted by Gasteiger charge is -2.26. The van der Waals surface area contributed by atoms with Crippen molar-refractivity contribution in [3.8, 4) is 0 Å². The van der Waals surface area contributed by atoms with Gasteiger partial charge in [0.15, 0.2) is 11.6 Å². The number of aromatic nitrogens is 2. The predicted octanol–water partition coefficient (Wildman–Crippen LogP) is 1.80. The minimum atomic E-state index is 0.284. The molecule has 0 bridgehead atoms. The zero-order valence-electron chi connectivity index (χ0n) is 9.47. The molecule has 0 aliphatic carbocycles. The summed E-state index contributed by atoms with van der Waals surface area (Å²) in [6.07, 6.45) is 1.60. The van der Waals surface area contributed by atoms with E-state index in [2.05, 4.69) is 10.2 Å². The summed E-state index contributed by atoms with van der Waals surface area (Å²) >= 11 is 0. The normalized spacial score (nSPS) is 16.5. The van der Waals surface area contributed by atoms with Crippen molar-refractivity contribution in [3.63, 3.8) is 0 Å². The lowest BCUT2D eigenvalue weighted by molar-refractivity contribution is -0.118. The van der Waals surface area contributed by atoms with Crippen LogP contribution in [-0.2, 0) is 4.79 Å². The van der Waals surface area contributed by atoms with Gasteiger partial charge in [0, 0.05) is 18.4 Å². The zero-order chi connectivity index (χ0) is 11.7. The van der Waals surface area contributed by atoms with Gasteiger partial charge in [0.05, 0.1) is 12.1 Å². The highest BCUT2D eigenvalue weighted by atomic mass is 16.1. The molecule has 4 nitrogen and oxygen atoms in total. The van der Waals surface area contributed by atoms with Gasteiger partial charge in [-0.15, -0.1) is 10.2 Å². The van der Waals surface area contributed by atoms with E-state index < -0.39 is 0 Å². The molecule has 4 heteroatoms. The largest absolute Gasteiger partial charge is 0.348 e. The number of piperidine rings is 1. The molecule has 1 aliphatic heterocycles. The third kappa shape index (κ3) is 1.98. The molecule has 1 fully saturated rings. The van der Waals surface area contributed by atoms with E-state index in [1.165, 1.54) is 0 Å². The highest BCUT2D eigenvalue weighted by Gasteiger charge is 2.18. The fourth-order valence-electron chi connectivity index (χ4n) is 2.16. The van der Waals surface area contributed by atoms with Gasteiger partial charge in [0.1, 0.15) is 0 Å². The third-order valence-corrected chi connectivity index (χ3v) is 3.06. The van der Waals surface area contributed by atoms with Crippen LogP contribution >= 0.6 is 0 Å². The van der Waals surface area contributed by atoms with Gasteiger partial charge in [-0.2, -0.15) is 0 Å². The summed E-state index contributed by atoms with van der Waals surface area (Å²) in [6.45, 7) is 1.35. The number of hydrogen-bond acceptors (Lipinski definition) is 4. The van der Waals surface area contributed by atoms with E-state index in [1.54, 1.807) is 0 Å². The van der Waals surface area contributed by atoms with Crippen LogP contribution in [0.1, 0.15) is 12.8 Å². The van der Waals surface area contributed by atoms with Crippen molar-refractivity contribution in [2.24, 2.45) is 0 Å². The minimum Gasteiger partial charge on any atom is -0.348 e. The van der Waals surface area contributed by atoms with Crippen LogP contribution in [0.3, 0.4) is 0 Å². The van der Waals surface area contributed by atoms with Crippen molar-refractivity contribution in [1.29, 1.82) is 0 Å². The Morgan fingerprint density at radius 2 is 2.06 bits per heavy atom. The van der Waals surface area contributed by atoms with Crippen molar-refractivity contribution >= 4 is 22.5 Å². The Morgan fingerprint density at radius 1 is 1.18 bits per heavy atom. The zero-order valence-corrected chi connectivity index (χ0v) is 9.47. The summed E-state index contributed by atoms with van der Waals surface area (Å²) in [5, 5.41) is 9.43. The molecule has 2 aromatic rings. The second-order valence-electron chi connectivity index (χ2n) is 4.33. The quantitative estimate of drug-likeness (QED) is 0.745. The van der Waals surface area contributed by atoms with E-state index in [1.807, 2.05) is 35.2 Å². The van der Waals surface area contributed by atoms with Gasteiger partial charge in [0.2, 0.25) is 0 Å². The molecule has 0 radical (unpaired) electrons. The van der Waals surface area contributed by atoms with Crippen LogP contribution < -0.4 is 4.90 Å². The predicted molar refractivity (Wildman–Crippen MR) is 66.0 cm³/mol. The van der Waals surface area contributed by atoms with Gasteiger partial charge in [-0.3, -0.25) is 4.79 Å². The van der Waals surface area contributed by atoms with Crippen LogP contribution in [0.4, 0.5) is 5.82 Å². The van der Waals surface area contributed by atoms with Crippen molar-refractivity contribution < 1.29 is 4.79 Å². The number of Topliss-reactive ketones (excluding diaryl/α,β-unsaturated/α-hetero) is 1. The van der Waals surface area contributed by atoms with Crippen LogP contribution in [0.25, 0.3) is 10.9 Å². The first kappa shape index (κ1) is 10.2. The molecule has 1 aromatic carbocycles. The van der Waals surface area contributed by atoms with E-state index in [0.717, 1.165) is 29.7 Å². The topological polar surface area (TPSA) is 46.1 Å². The van der Waals surface area contributed by atoms with Crippen molar-refractivity contribution in [3.05, 3.63) is 30.3 Å². The maximum atomic E-state index is 11.4. The van der Waals surface area contributed by atoms with Gasteiger partial charge in [0.25, 0.3) is 0 Å². The molecule has 86 valence electrons. The lowest BCUT2D eigenvalue weighted by Crippen LogP contribution is -2.36. The molecule has 2 heterocycles. The van der Waals surface area contributed by atoms with Gasteiger partial charge in [-0.1, -0.05) is 18.2 Å². The van der Waals surface area contributed by atoms with E-state index in [4.69, 9.17) is 0 Å². The van der Waals surface area contributed by atoms with Crippen molar-refractivity contribution in [2.75, 3.05) is 18.0 Å². The monoisotopic (exact) mass is 227 g/mol. The molecule has 0 N–H and O–H groups in total. The molecule has 0 saturated carbocycles. The number of benzene rings is 1. The van der Waals surface area contributed by atoms with Gasteiger partial charge in [-0.25, -0.2) is 0 Å². The highest BCUT2D eigenvalue weighted by molar-refractivity contribution is 5.85. The molecule has 1 aromatic heterocycles. The molecule has 0 unspecified atom stereocenters. The number of nitrogens with zero attached hydrogens (tertiary/aromatic N) is 3. The maximum Gasteiger partial charge on any atom is 0.152 e. The summed E-state index contributed by atoms with van der Waals surface area (Å²) in [6, 6.07) is 9.88. The van der Waals surface area contributed by atoms with Gasteiger partial charge in [-0.05, 0) is 18.6 Å². The average Bonchev–Trinajstić information content (AvgIpc) is 2.38. The molecule has 1 aliphatic rings. The molecule has 3 rings (SSSR count). The van der Waals surface area contributed by atoms with E-state index in [-0.39, 0.29) is 5.78 Å². The first-order valence-electron chi connectivity index (χ1n) is 5.82. The Balaban J connectivity index is 1.97. The Hall–Kier alpha value is -1.97. The number of carbonyl (C=O) groups is 1. The van der Waals surface area contributed by atoms with Crippen LogP contribution in [0, 0.1) is 0 Å². The number of hydrogen-bond donors (Lipinski definition) is 0. The fourth-order valence-corrected chi connectivity index (χ4v) is 2.16. The SMILES string of the molecule is O=C1CCCN(c2cc3ccccc3nn2)C1. The van der Waals surface area contributed by atoms with Crippen LogP contribution in [0.15, 0.2) is 30.3 Å². The van der Waals surface area contributed by atoms with E-state index in [0.29, 0.717) is 13.0 Å². The molecular formula is C13H13N3O. The van der Waals surface area contributed by atoms with Gasteiger partial charge < -0.3 is 4.90 Å². The highest BCUT2D eigenvalue weighted by Crippen LogP contribution is 2.19. The Labute approximate surface area is 99.3 Å². The second-order valence-corrected chi connectivity index (χ2v) is 4.33. The summed E-state index contributed by atoms with van der Waals surface area (Å²) in [5.74, 6) is 1.09. The molecule has 0 atom stereocenters. The number of carbonyl (C=O) groups excluding carboxylic acids is 1.